The van der Waals surface area contributed by atoms with E-state index in [-0.39, 0.29) is 5.56 Å². The summed E-state index contributed by atoms with van der Waals surface area (Å²) >= 11 is 0. The van der Waals surface area contributed by atoms with Crippen LogP contribution in [0.25, 0.3) is 16.7 Å². The van der Waals surface area contributed by atoms with Crippen molar-refractivity contribution >= 4 is 16.7 Å². The molecule has 140 valence electrons. The van der Waals surface area contributed by atoms with E-state index in [1.165, 1.54) is 11.0 Å². The van der Waals surface area contributed by atoms with E-state index in [9.17, 15) is 15.2 Å². The summed E-state index contributed by atoms with van der Waals surface area (Å²) in [7, 11) is 0. The molecule has 0 saturated carbocycles. The van der Waals surface area contributed by atoms with Gasteiger partial charge in [0, 0.05) is 6.07 Å². The standard InChI is InChI=1S/C20H22N4O3/c1-14-10-19(26)24-18-5-3-2-4-17(18)23(20(24)16(14)11-21)13-15(25)12-22-6-8-27-9-7-22/h2-5,10,15,25H,6-9,12-13H2,1H3/p+1/t15-/m1/s1. The number of imidazole rings is 1. The summed E-state index contributed by atoms with van der Waals surface area (Å²) in [5, 5.41) is 20.4. The second kappa shape index (κ2) is 7.16. The number of hydrogen-bond donors (Lipinski definition) is 2. The first-order chi connectivity index (χ1) is 13.1. The highest BCUT2D eigenvalue weighted by molar-refractivity contribution is 5.84. The highest BCUT2D eigenvalue weighted by atomic mass is 16.5. The molecule has 0 spiro atoms. The normalized spacial score (nSPS) is 16.6. The van der Waals surface area contributed by atoms with Gasteiger partial charge >= 0.3 is 0 Å². The van der Waals surface area contributed by atoms with Crippen LogP contribution in [0.5, 0.6) is 0 Å². The molecule has 1 fully saturated rings. The molecule has 1 aliphatic rings. The zero-order chi connectivity index (χ0) is 19.0. The predicted octanol–water partition coefficient (Wildman–Crippen LogP) is -0.290. The number of quaternary nitrogens is 1. The number of aryl methyl sites for hydroxylation is 1. The number of para-hydroxylation sites is 2. The number of hydrogen-bond acceptors (Lipinski definition) is 4. The minimum atomic E-state index is -0.583. The van der Waals surface area contributed by atoms with Crippen molar-refractivity contribution in [1.29, 1.82) is 5.26 Å². The lowest BCUT2D eigenvalue weighted by Gasteiger charge is -2.26. The van der Waals surface area contributed by atoms with Gasteiger partial charge in [-0.2, -0.15) is 5.26 Å². The van der Waals surface area contributed by atoms with Crippen molar-refractivity contribution in [2.75, 3.05) is 32.8 Å². The van der Waals surface area contributed by atoms with Crippen molar-refractivity contribution in [3.63, 3.8) is 0 Å². The van der Waals surface area contributed by atoms with Gasteiger partial charge in [-0.3, -0.25) is 9.20 Å². The lowest BCUT2D eigenvalue weighted by molar-refractivity contribution is -0.911. The van der Waals surface area contributed by atoms with Gasteiger partial charge in [0.2, 0.25) is 0 Å². The quantitative estimate of drug-likeness (QED) is 0.664. The van der Waals surface area contributed by atoms with Crippen LogP contribution in [0.4, 0.5) is 0 Å². The third kappa shape index (κ3) is 3.12. The minimum absolute atomic E-state index is 0.162. The topological polar surface area (TPSA) is 84.1 Å². The van der Waals surface area contributed by atoms with Crippen molar-refractivity contribution in [3.8, 4) is 6.07 Å². The summed E-state index contributed by atoms with van der Waals surface area (Å²) < 4.78 is 8.87. The smallest absolute Gasteiger partial charge is 0.257 e. The third-order valence-electron chi connectivity index (χ3n) is 5.29. The van der Waals surface area contributed by atoms with Crippen molar-refractivity contribution in [2.45, 2.75) is 19.6 Å². The Balaban J connectivity index is 1.83. The first-order valence-electron chi connectivity index (χ1n) is 9.23. The van der Waals surface area contributed by atoms with Gasteiger partial charge in [-0.25, -0.2) is 0 Å². The maximum absolute atomic E-state index is 12.7. The van der Waals surface area contributed by atoms with E-state index in [1.807, 2.05) is 28.8 Å². The molecule has 1 atom stereocenters. The molecule has 1 saturated heterocycles. The Kier molecular flexibility index (Phi) is 4.70. The Morgan fingerprint density at radius 3 is 2.70 bits per heavy atom. The van der Waals surface area contributed by atoms with E-state index in [2.05, 4.69) is 6.07 Å². The highest BCUT2D eigenvalue weighted by Gasteiger charge is 2.22. The molecule has 7 heteroatoms. The lowest BCUT2D eigenvalue weighted by Crippen LogP contribution is -3.15. The van der Waals surface area contributed by atoms with Crippen LogP contribution in [-0.2, 0) is 11.3 Å². The average Bonchev–Trinajstić information content (AvgIpc) is 2.98. The van der Waals surface area contributed by atoms with Gasteiger partial charge in [0.1, 0.15) is 37.5 Å². The summed E-state index contributed by atoms with van der Waals surface area (Å²) in [6.07, 6.45) is -0.583. The molecule has 2 N–H and O–H groups in total. The fourth-order valence-electron chi connectivity index (χ4n) is 3.99. The largest absolute Gasteiger partial charge is 0.385 e. The molecule has 2 aromatic heterocycles. The fourth-order valence-corrected chi connectivity index (χ4v) is 3.99. The highest BCUT2D eigenvalue weighted by Crippen LogP contribution is 2.23. The maximum atomic E-state index is 12.7. The van der Waals surface area contributed by atoms with E-state index < -0.39 is 6.10 Å². The number of nitrogens with one attached hydrogen (secondary N) is 1. The van der Waals surface area contributed by atoms with Crippen LogP contribution in [0.2, 0.25) is 0 Å². The predicted molar refractivity (Wildman–Crippen MR) is 101 cm³/mol. The molecule has 0 bridgehead atoms. The van der Waals surface area contributed by atoms with Crippen LogP contribution in [0.3, 0.4) is 0 Å². The van der Waals surface area contributed by atoms with Crippen molar-refractivity contribution < 1.29 is 14.7 Å². The number of aliphatic hydroxyl groups excluding tert-OH is 1. The number of fused-ring (bicyclic) bond motifs is 3. The molecule has 0 amide bonds. The minimum Gasteiger partial charge on any atom is -0.385 e. The number of morpholine rings is 1. The Morgan fingerprint density at radius 1 is 1.30 bits per heavy atom. The zero-order valence-electron chi connectivity index (χ0n) is 15.3. The molecule has 1 aliphatic heterocycles. The molecule has 27 heavy (non-hydrogen) atoms. The fraction of sp³-hybridized carbons (Fsp3) is 0.400. The third-order valence-corrected chi connectivity index (χ3v) is 5.29. The summed E-state index contributed by atoms with van der Waals surface area (Å²) in [6.45, 7) is 5.91. The van der Waals surface area contributed by atoms with Gasteiger partial charge in [-0.15, -0.1) is 0 Å². The van der Waals surface area contributed by atoms with Gasteiger partial charge in [0.05, 0.1) is 36.4 Å². The Bertz CT molecular complexity index is 1090. The van der Waals surface area contributed by atoms with Crippen LogP contribution in [-0.4, -0.2) is 53.0 Å². The summed E-state index contributed by atoms with van der Waals surface area (Å²) in [6, 6.07) is 11.3. The molecule has 7 nitrogen and oxygen atoms in total. The Morgan fingerprint density at radius 2 is 2.00 bits per heavy atom. The SMILES string of the molecule is Cc1cc(=O)n2c3ccccc3n(C[C@H](O)C[NH+]3CCOCC3)c2c1C#N. The van der Waals surface area contributed by atoms with Crippen LogP contribution in [0.15, 0.2) is 35.1 Å². The van der Waals surface area contributed by atoms with E-state index in [1.54, 1.807) is 11.3 Å². The molecule has 1 aromatic carbocycles. The number of pyridine rings is 1. The van der Waals surface area contributed by atoms with Gasteiger partial charge < -0.3 is 19.3 Å². The molecular formula is C20H23N4O3+. The number of nitriles is 1. The summed E-state index contributed by atoms with van der Waals surface area (Å²) in [5.74, 6) is 0. The van der Waals surface area contributed by atoms with Crippen molar-refractivity contribution in [3.05, 3.63) is 51.8 Å². The summed E-state index contributed by atoms with van der Waals surface area (Å²) in [5.41, 5.74) is 3.11. The molecule has 3 aromatic rings. The molecule has 0 aliphatic carbocycles. The first kappa shape index (κ1) is 17.7. The Labute approximate surface area is 156 Å². The number of nitrogens with zero attached hydrogens (tertiary/aromatic N) is 3. The second-order valence-electron chi connectivity index (χ2n) is 7.13. The van der Waals surface area contributed by atoms with Gasteiger partial charge in [0.25, 0.3) is 5.56 Å². The lowest BCUT2D eigenvalue weighted by atomic mass is 10.1. The van der Waals surface area contributed by atoms with Crippen LogP contribution < -0.4 is 10.5 Å². The van der Waals surface area contributed by atoms with E-state index in [0.717, 1.165) is 24.1 Å². The van der Waals surface area contributed by atoms with Crippen LogP contribution in [0.1, 0.15) is 11.1 Å². The van der Waals surface area contributed by atoms with Crippen LogP contribution in [0, 0.1) is 18.3 Å². The number of aliphatic hydroxyl groups is 1. The van der Waals surface area contributed by atoms with Crippen LogP contribution >= 0.6 is 0 Å². The van der Waals surface area contributed by atoms with Crippen molar-refractivity contribution in [1.82, 2.24) is 8.97 Å². The number of aromatic nitrogens is 2. The monoisotopic (exact) mass is 367 g/mol. The second-order valence-corrected chi connectivity index (χ2v) is 7.13. The van der Waals surface area contributed by atoms with Gasteiger partial charge in [-0.05, 0) is 24.6 Å². The average molecular weight is 367 g/mol. The van der Waals surface area contributed by atoms with E-state index in [0.29, 0.717) is 43.1 Å². The van der Waals surface area contributed by atoms with Gasteiger partial charge in [-0.1, -0.05) is 12.1 Å². The number of benzene rings is 1. The molecule has 3 heterocycles. The molecule has 4 rings (SSSR count). The molecule has 0 radical (unpaired) electrons. The van der Waals surface area contributed by atoms with Gasteiger partial charge in [0.15, 0.2) is 0 Å². The van der Waals surface area contributed by atoms with E-state index >= 15 is 0 Å². The summed E-state index contributed by atoms with van der Waals surface area (Å²) in [4.78, 5) is 14.0. The zero-order valence-corrected chi connectivity index (χ0v) is 15.3. The van der Waals surface area contributed by atoms with E-state index in [4.69, 9.17) is 4.74 Å². The molecular weight excluding hydrogens is 344 g/mol. The Hall–Kier alpha value is -2.66. The number of ether oxygens (including phenoxy) is 1. The maximum Gasteiger partial charge on any atom is 0.257 e. The molecule has 0 unspecified atom stereocenters. The first-order valence-corrected chi connectivity index (χ1v) is 9.23. The van der Waals surface area contributed by atoms with Crippen molar-refractivity contribution in [2.24, 2.45) is 0 Å². The number of rotatable bonds is 4.